The summed E-state index contributed by atoms with van der Waals surface area (Å²) >= 11 is 0. The fourth-order valence-electron chi connectivity index (χ4n) is 3.01. The van der Waals surface area contributed by atoms with Crippen molar-refractivity contribution >= 4 is 0 Å². The maximum Gasteiger partial charge on any atom is 0.231 e. The number of para-hydroxylation sites is 1. The molecule has 1 aromatic rings. The minimum Gasteiger partial charge on any atom is -0.454 e. The van der Waals surface area contributed by atoms with Gasteiger partial charge in [0, 0.05) is 12.1 Å². The SMILES string of the molecule is CN1CCC(CCNCc2cccc3c2OCO3)CC1. The Labute approximate surface area is 121 Å². The van der Waals surface area contributed by atoms with Crippen LogP contribution in [0.1, 0.15) is 24.8 Å². The third kappa shape index (κ3) is 3.25. The Kier molecular flexibility index (Phi) is 4.43. The quantitative estimate of drug-likeness (QED) is 0.836. The van der Waals surface area contributed by atoms with Crippen LogP contribution in [0.3, 0.4) is 0 Å². The molecular formula is C16H24N2O2. The molecule has 1 saturated heterocycles. The first kappa shape index (κ1) is 13.7. The second-order valence-electron chi connectivity index (χ2n) is 5.86. The molecule has 0 amide bonds. The third-order valence-electron chi connectivity index (χ3n) is 4.36. The molecule has 0 unspecified atom stereocenters. The molecule has 0 aromatic heterocycles. The third-order valence-corrected chi connectivity index (χ3v) is 4.36. The summed E-state index contributed by atoms with van der Waals surface area (Å²) in [6, 6.07) is 6.10. The van der Waals surface area contributed by atoms with Crippen molar-refractivity contribution in [1.29, 1.82) is 0 Å². The number of piperidine rings is 1. The van der Waals surface area contributed by atoms with Gasteiger partial charge in [-0.25, -0.2) is 0 Å². The standard InChI is InChI=1S/C16H24N2O2/c1-18-9-6-13(7-10-18)5-8-17-11-14-3-2-4-15-16(14)20-12-19-15/h2-4,13,17H,5-12H2,1H3. The molecule has 1 aromatic carbocycles. The predicted molar refractivity (Wildman–Crippen MR) is 79.1 cm³/mol. The van der Waals surface area contributed by atoms with E-state index in [1.807, 2.05) is 12.1 Å². The second kappa shape index (κ2) is 6.46. The van der Waals surface area contributed by atoms with Gasteiger partial charge in [-0.05, 0) is 57.9 Å². The van der Waals surface area contributed by atoms with Gasteiger partial charge in [-0.15, -0.1) is 0 Å². The van der Waals surface area contributed by atoms with Crippen molar-refractivity contribution in [2.24, 2.45) is 5.92 Å². The van der Waals surface area contributed by atoms with E-state index in [4.69, 9.17) is 9.47 Å². The average Bonchev–Trinajstić information content (AvgIpc) is 2.94. The average molecular weight is 276 g/mol. The van der Waals surface area contributed by atoms with Crippen molar-refractivity contribution in [3.63, 3.8) is 0 Å². The number of ether oxygens (including phenoxy) is 2. The predicted octanol–water partition coefficient (Wildman–Crippen LogP) is 2.24. The fourth-order valence-corrected chi connectivity index (χ4v) is 3.01. The van der Waals surface area contributed by atoms with Crippen LogP contribution >= 0.6 is 0 Å². The number of nitrogens with zero attached hydrogens (tertiary/aromatic N) is 1. The highest BCUT2D eigenvalue weighted by Crippen LogP contribution is 2.35. The number of benzene rings is 1. The van der Waals surface area contributed by atoms with E-state index in [2.05, 4.69) is 23.3 Å². The van der Waals surface area contributed by atoms with E-state index in [-0.39, 0.29) is 0 Å². The van der Waals surface area contributed by atoms with Gasteiger partial charge in [0.15, 0.2) is 11.5 Å². The van der Waals surface area contributed by atoms with Gasteiger partial charge in [-0.1, -0.05) is 12.1 Å². The first-order valence-electron chi connectivity index (χ1n) is 7.59. The zero-order valence-electron chi connectivity index (χ0n) is 12.2. The van der Waals surface area contributed by atoms with Crippen molar-refractivity contribution in [3.8, 4) is 11.5 Å². The lowest BCUT2D eigenvalue weighted by atomic mass is 9.94. The van der Waals surface area contributed by atoms with E-state index in [0.29, 0.717) is 6.79 Å². The number of hydrogen-bond donors (Lipinski definition) is 1. The van der Waals surface area contributed by atoms with Crippen LogP contribution in [0, 0.1) is 5.92 Å². The highest BCUT2D eigenvalue weighted by atomic mass is 16.7. The van der Waals surface area contributed by atoms with Crippen LogP contribution < -0.4 is 14.8 Å². The number of likely N-dealkylation sites (tertiary alicyclic amines) is 1. The summed E-state index contributed by atoms with van der Waals surface area (Å²) in [7, 11) is 2.21. The van der Waals surface area contributed by atoms with Crippen LogP contribution in [0.5, 0.6) is 11.5 Å². The van der Waals surface area contributed by atoms with Crippen molar-refractivity contribution in [1.82, 2.24) is 10.2 Å². The van der Waals surface area contributed by atoms with Crippen LogP contribution in [-0.4, -0.2) is 38.4 Å². The van der Waals surface area contributed by atoms with Gasteiger partial charge >= 0.3 is 0 Å². The summed E-state index contributed by atoms with van der Waals surface area (Å²) in [5.41, 5.74) is 1.20. The lowest BCUT2D eigenvalue weighted by Gasteiger charge is -2.28. The maximum absolute atomic E-state index is 5.52. The number of fused-ring (bicyclic) bond motifs is 1. The first-order chi connectivity index (χ1) is 9.83. The lowest BCUT2D eigenvalue weighted by molar-refractivity contribution is 0.173. The first-order valence-corrected chi connectivity index (χ1v) is 7.59. The fraction of sp³-hybridized carbons (Fsp3) is 0.625. The Balaban J connectivity index is 1.41. The largest absolute Gasteiger partial charge is 0.454 e. The van der Waals surface area contributed by atoms with Gasteiger partial charge in [0.25, 0.3) is 0 Å². The minimum atomic E-state index is 0.349. The molecule has 0 aliphatic carbocycles. The molecule has 0 radical (unpaired) electrons. The van der Waals surface area contributed by atoms with Crippen LogP contribution in [0.2, 0.25) is 0 Å². The maximum atomic E-state index is 5.52. The molecule has 20 heavy (non-hydrogen) atoms. The topological polar surface area (TPSA) is 33.7 Å². The van der Waals surface area contributed by atoms with Crippen molar-refractivity contribution in [3.05, 3.63) is 23.8 Å². The summed E-state index contributed by atoms with van der Waals surface area (Å²) in [5.74, 6) is 2.68. The lowest BCUT2D eigenvalue weighted by Crippen LogP contribution is -2.31. The molecule has 2 heterocycles. The molecular weight excluding hydrogens is 252 g/mol. The smallest absolute Gasteiger partial charge is 0.231 e. The van der Waals surface area contributed by atoms with Crippen molar-refractivity contribution < 1.29 is 9.47 Å². The molecule has 2 aliphatic heterocycles. The molecule has 1 fully saturated rings. The molecule has 4 nitrogen and oxygen atoms in total. The van der Waals surface area contributed by atoms with E-state index >= 15 is 0 Å². The molecule has 0 bridgehead atoms. The van der Waals surface area contributed by atoms with Gasteiger partial charge in [0.2, 0.25) is 6.79 Å². The molecule has 0 spiro atoms. The van der Waals surface area contributed by atoms with E-state index in [0.717, 1.165) is 30.5 Å². The Hall–Kier alpha value is -1.26. The summed E-state index contributed by atoms with van der Waals surface area (Å²) in [6.45, 7) is 4.80. The Morgan fingerprint density at radius 2 is 2.10 bits per heavy atom. The number of rotatable bonds is 5. The Bertz CT molecular complexity index is 442. The van der Waals surface area contributed by atoms with E-state index < -0.39 is 0 Å². The highest BCUT2D eigenvalue weighted by molar-refractivity contribution is 5.48. The number of nitrogens with one attached hydrogen (secondary N) is 1. The Morgan fingerprint density at radius 1 is 1.25 bits per heavy atom. The highest BCUT2D eigenvalue weighted by Gasteiger charge is 2.18. The minimum absolute atomic E-state index is 0.349. The summed E-state index contributed by atoms with van der Waals surface area (Å²) in [6.07, 6.45) is 3.96. The molecule has 110 valence electrons. The zero-order chi connectivity index (χ0) is 13.8. The zero-order valence-corrected chi connectivity index (χ0v) is 12.2. The van der Waals surface area contributed by atoms with Gasteiger partial charge in [-0.2, -0.15) is 0 Å². The summed E-state index contributed by atoms with van der Waals surface area (Å²) in [5, 5.41) is 3.54. The summed E-state index contributed by atoms with van der Waals surface area (Å²) < 4.78 is 10.9. The van der Waals surface area contributed by atoms with Gasteiger partial charge < -0.3 is 19.7 Å². The molecule has 1 N–H and O–H groups in total. The number of hydrogen-bond acceptors (Lipinski definition) is 4. The molecule has 4 heteroatoms. The van der Waals surface area contributed by atoms with Crippen molar-refractivity contribution in [2.75, 3.05) is 33.5 Å². The molecule has 2 aliphatic rings. The molecule has 0 atom stereocenters. The van der Waals surface area contributed by atoms with Crippen LogP contribution in [0.4, 0.5) is 0 Å². The van der Waals surface area contributed by atoms with Crippen LogP contribution in [0.25, 0.3) is 0 Å². The molecule has 3 rings (SSSR count). The van der Waals surface area contributed by atoms with Gasteiger partial charge in [0.1, 0.15) is 0 Å². The summed E-state index contributed by atoms with van der Waals surface area (Å²) in [4.78, 5) is 2.43. The monoisotopic (exact) mass is 276 g/mol. The van der Waals surface area contributed by atoms with E-state index in [9.17, 15) is 0 Å². The van der Waals surface area contributed by atoms with Gasteiger partial charge in [0.05, 0.1) is 0 Å². The normalized spacial score (nSPS) is 19.4. The second-order valence-corrected chi connectivity index (χ2v) is 5.86. The van der Waals surface area contributed by atoms with Crippen LogP contribution in [-0.2, 0) is 6.54 Å². The van der Waals surface area contributed by atoms with Gasteiger partial charge in [-0.3, -0.25) is 0 Å². The van der Waals surface area contributed by atoms with E-state index in [1.165, 1.54) is 37.9 Å². The Morgan fingerprint density at radius 3 is 2.95 bits per heavy atom. The van der Waals surface area contributed by atoms with Crippen molar-refractivity contribution in [2.45, 2.75) is 25.8 Å². The van der Waals surface area contributed by atoms with Crippen LogP contribution in [0.15, 0.2) is 18.2 Å². The molecule has 0 saturated carbocycles. The van der Waals surface area contributed by atoms with E-state index in [1.54, 1.807) is 0 Å².